The molecule has 5 heteroatoms. The molecule has 3 aromatic rings. The summed E-state index contributed by atoms with van der Waals surface area (Å²) in [6, 6.07) is 12.2. The van der Waals surface area contributed by atoms with Crippen molar-refractivity contribution >= 4 is 32.9 Å². The molecular weight excluding hydrogens is 297 g/mol. The van der Waals surface area contributed by atoms with E-state index in [1.807, 2.05) is 24.3 Å². The normalized spacial score (nSPS) is 11.0. The van der Waals surface area contributed by atoms with E-state index in [9.17, 15) is 4.39 Å². The summed E-state index contributed by atoms with van der Waals surface area (Å²) in [5.74, 6) is -0.0583. The van der Waals surface area contributed by atoms with Crippen LogP contribution in [0.3, 0.4) is 0 Å². The van der Waals surface area contributed by atoms with Crippen molar-refractivity contribution in [2.24, 2.45) is 0 Å². The lowest BCUT2D eigenvalue weighted by atomic mass is 10.2. The molecule has 0 aliphatic carbocycles. The van der Waals surface area contributed by atoms with Crippen LogP contribution in [-0.2, 0) is 0 Å². The molecule has 2 aromatic carbocycles. The molecule has 0 fully saturated rings. The SMILES string of the molecule is Nc1nc2cccc(F)c2n1-c1ccc(Br)cc1. The molecule has 0 spiro atoms. The van der Waals surface area contributed by atoms with Crippen molar-refractivity contribution in [1.29, 1.82) is 0 Å². The molecule has 0 unspecified atom stereocenters. The quantitative estimate of drug-likeness (QED) is 0.747. The Balaban J connectivity index is 2.34. The van der Waals surface area contributed by atoms with Crippen LogP contribution in [-0.4, -0.2) is 9.55 Å². The lowest BCUT2D eigenvalue weighted by Gasteiger charge is -2.06. The summed E-state index contributed by atoms with van der Waals surface area (Å²) < 4.78 is 16.5. The average Bonchev–Trinajstić information content (AvgIpc) is 2.68. The van der Waals surface area contributed by atoms with E-state index in [-0.39, 0.29) is 11.8 Å². The lowest BCUT2D eigenvalue weighted by Crippen LogP contribution is -2.01. The van der Waals surface area contributed by atoms with Gasteiger partial charge in [0, 0.05) is 10.2 Å². The third-order valence-corrected chi connectivity index (χ3v) is 3.27. The summed E-state index contributed by atoms with van der Waals surface area (Å²) in [4.78, 5) is 4.16. The number of anilines is 1. The second-order valence-corrected chi connectivity index (χ2v) is 4.81. The fourth-order valence-electron chi connectivity index (χ4n) is 1.96. The Bertz CT molecular complexity index is 719. The van der Waals surface area contributed by atoms with Crippen molar-refractivity contribution < 1.29 is 4.39 Å². The van der Waals surface area contributed by atoms with Gasteiger partial charge in [0.1, 0.15) is 11.3 Å². The van der Waals surface area contributed by atoms with E-state index < -0.39 is 0 Å². The first-order valence-electron chi connectivity index (χ1n) is 5.35. The molecule has 0 aliphatic rings. The summed E-state index contributed by atoms with van der Waals surface area (Å²) in [5.41, 5.74) is 7.60. The molecule has 0 atom stereocenters. The standard InChI is InChI=1S/C13H9BrFN3/c14-8-4-6-9(7-5-8)18-12-10(15)2-1-3-11(12)17-13(18)16/h1-7H,(H2,16,17). The van der Waals surface area contributed by atoms with Crippen LogP contribution in [0.4, 0.5) is 10.3 Å². The van der Waals surface area contributed by atoms with E-state index >= 15 is 0 Å². The summed E-state index contributed by atoms with van der Waals surface area (Å²) in [6.45, 7) is 0. The Morgan fingerprint density at radius 1 is 1.11 bits per heavy atom. The second-order valence-electron chi connectivity index (χ2n) is 3.89. The van der Waals surface area contributed by atoms with E-state index in [0.29, 0.717) is 11.0 Å². The summed E-state index contributed by atoms with van der Waals surface area (Å²) >= 11 is 3.36. The van der Waals surface area contributed by atoms with Gasteiger partial charge in [-0.05, 0) is 36.4 Å². The number of rotatable bonds is 1. The minimum absolute atomic E-state index is 0.275. The Hall–Kier alpha value is -1.88. The first-order valence-corrected chi connectivity index (χ1v) is 6.14. The van der Waals surface area contributed by atoms with Crippen LogP contribution in [0.2, 0.25) is 0 Å². The zero-order chi connectivity index (χ0) is 12.7. The Kier molecular flexibility index (Phi) is 2.56. The first kappa shape index (κ1) is 11.2. The molecule has 0 saturated heterocycles. The molecule has 3 rings (SSSR count). The minimum atomic E-state index is -0.334. The number of para-hydroxylation sites is 1. The molecule has 1 heterocycles. The summed E-state index contributed by atoms with van der Waals surface area (Å²) in [6.07, 6.45) is 0. The summed E-state index contributed by atoms with van der Waals surface area (Å²) in [5, 5.41) is 0. The van der Waals surface area contributed by atoms with E-state index in [0.717, 1.165) is 10.2 Å². The van der Waals surface area contributed by atoms with Gasteiger partial charge < -0.3 is 5.73 Å². The van der Waals surface area contributed by atoms with Gasteiger partial charge in [0.05, 0.1) is 5.52 Å². The molecular formula is C13H9BrFN3. The van der Waals surface area contributed by atoms with Gasteiger partial charge in [-0.1, -0.05) is 22.0 Å². The predicted molar refractivity (Wildman–Crippen MR) is 73.1 cm³/mol. The minimum Gasteiger partial charge on any atom is -0.369 e. The third kappa shape index (κ3) is 1.67. The van der Waals surface area contributed by atoms with Gasteiger partial charge in [0.2, 0.25) is 5.95 Å². The van der Waals surface area contributed by atoms with Crippen molar-refractivity contribution in [2.75, 3.05) is 5.73 Å². The smallest absolute Gasteiger partial charge is 0.206 e. The van der Waals surface area contributed by atoms with Gasteiger partial charge in [-0.25, -0.2) is 9.37 Å². The van der Waals surface area contributed by atoms with Crippen molar-refractivity contribution in [3.63, 3.8) is 0 Å². The maximum atomic E-state index is 13.9. The molecule has 18 heavy (non-hydrogen) atoms. The van der Waals surface area contributed by atoms with Crippen LogP contribution >= 0.6 is 15.9 Å². The molecule has 0 radical (unpaired) electrons. The van der Waals surface area contributed by atoms with Gasteiger partial charge in [-0.15, -0.1) is 0 Å². The molecule has 0 aliphatic heterocycles. The van der Waals surface area contributed by atoms with E-state index in [1.54, 1.807) is 16.7 Å². The molecule has 0 saturated carbocycles. The number of nitrogens with two attached hydrogens (primary N) is 1. The third-order valence-electron chi connectivity index (χ3n) is 2.74. The highest BCUT2D eigenvalue weighted by Gasteiger charge is 2.13. The number of fused-ring (bicyclic) bond motifs is 1. The molecule has 1 aromatic heterocycles. The summed E-state index contributed by atoms with van der Waals surface area (Å²) in [7, 11) is 0. The van der Waals surface area contributed by atoms with Gasteiger partial charge in [-0.2, -0.15) is 0 Å². The van der Waals surface area contributed by atoms with E-state index in [4.69, 9.17) is 5.73 Å². The molecule has 90 valence electrons. The number of nitrogens with zero attached hydrogens (tertiary/aromatic N) is 2. The van der Waals surface area contributed by atoms with E-state index in [2.05, 4.69) is 20.9 Å². The Morgan fingerprint density at radius 2 is 1.83 bits per heavy atom. The number of imidazole rings is 1. The maximum absolute atomic E-state index is 13.9. The van der Waals surface area contributed by atoms with Gasteiger partial charge in [-0.3, -0.25) is 4.57 Å². The monoisotopic (exact) mass is 305 g/mol. The number of nitrogen functional groups attached to an aromatic ring is 1. The van der Waals surface area contributed by atoms with Crippen molar-refractivity contribution in [3.8, 4) is 5.69 Å². The maximum Gasteiger partial charge on any atom is 0.206 e. The van der Waals surface area contributed by atoms with E-state index in [1.165, 1.54) is 6.07 Å². The Morgan fingerprint density at radius 3 is 2.56 bits per heavy atom. The van der Waals surface area contributed by atoms with Gasteiger partial charge in [0.25, 0.3) is 0 Å². The first-order chi connectivity index (χ1) is 8.66. The highest BCUT2D eigenvalue weighted by atomic mass is 79.9. The highest BCUT2D eigenvalue weighted by molar-refractivity contribution is 9.10. The zero-order valence-corrected chi connectivity index (χ0v) is 10.9. The largest absolute Gasteiger partial charge is 0.369 e. The molecule has 0 bridgehead atoms. The Labute approximate surface area is 111 Å². The van der Waals surface area contributed by atoms with Crippen molar-refractivity contribution in [2.45, 2.75) is 0 Å². The van der Waals surface area contributed by atoms with Crippen molar-refractivity contribution in [1.82, 2.24) is 9.55 Å². The van der Waals surface area contributed by atoms with Crippen LogP contribution < -0.4 is 5.73 Å². The number of halogens is 2. The van der Waals surface area contributed by atoms with Crippen LogP contribution in [0, 0.1) is 5.82 Å². The van der Waals surface area contributed by atoms with Crippen LogP contribution in [0.5, 0.6) is 0 Å². The number of aromatic nitrogens is 2. The topological polar surface area (TPSA) is 43.8 Å². The van der Waals surface area contributed by atoms with Crippen LogP contribution in [0.15, 0.2) is 46.9 Å². The molecule has 0 amide bonds. The predicted octanol–water partition coefficient (Wildman–Crippen LogP) is 3.51. The molecule has 2 N–H and O–H groups in total. The number of hydrogen-bond donors (Lipinski definition) is 1. The van der Waals surface area contributed by atoms with Crippen LogP contribution in [0.25, 0.3) is 16.7 Å². The lowest BCUT2D eigenvalue weighted by molar-refractivity contribution is 0.635. The number of benzene rings is 2. The average molecular weight is 306 g/mol. The van der Waals surface area contributed by atoms with Crippen molar-refractivity contribution in [3.05, 3.63) is 52.8 Å². The van der Waals surface area contributed by atoms with Gasteiger partial charge >= 0.3 is 0 Å². The zero-order valence-electron chi connectivity index (χ0n) is 9.27. The fourth-order valence-corrected chi connectivity index (χ4v) is 2.22. The number of hydrogen-bond acceptors (Lipinski definition) is 2. The second kappa shape index (κ2) is 4.10. The fraction of sp³-hybridized carbons (Fsp3) is 0. The van der Waals surface area contributed by atoms with Gasteiger partial charge in [0.15, 0.2) is 0 Å². The van der Waals surface area contributed by atoms with Crippen LogP contribution in [0.1, 0.15) is 0 Å². The molecule has 3 nitrogen and oxygen atoms in total. The highest BCUT2D eigenvalue weighted by Crippen LogP contribution is 2.25.